The number of hydrogen-bond donors (Lipinski definition) is 2. The second kappa shape index (κ2) is 5.35. The van der Waals surface area contributed by atoms with Gasteiger partial charge in [-0.25, -0.2) is 13.4 Å². The molecule has 1 saturated heterocycles. The standard InChI is InChI=1S/C10H18N4O3S/c1-9-11-8-10(12-9)18(16,17)14-4-2-13(3-5-14)6-7-15/h8,15H,2-7H2,1H3,(H,11,12). The summed E-state index contributed by atoms with van der Waals surface area (Å²) in [6, 6.07) is 0. The van der Waals surface area contributed by atoms with E-state index in [1.165, 1.54) is 10.5 Å². The number of piperazine rings is 1. The lowest BCUT2D eigenvalue weighted by Crippen LogP contribution is -2.49. The quantitative estimate of drug-likeness (QED) is 0.736. The van der Waals surface area contributed by atoms with Crippen LogP contribution < -0.4 is 0 Å². The van der Waals surface area contributed by atoms with E-state index in [0.717, 1.165) is 0 Å². The fourth-order valence-corrected chi connectivity index (χ4v) is 3.39. The van der Waals surface area contributed by atoms with Crippen molar-refractivity contribution in [3.8, 4) is 0 Å². The van der Waals surface area contributed by atoms with Gasteiger partial charge in [0.25, 0.3) is 10.0 Å². The van der Waals surface area contributed by atoms with Crippen molar-refractivity contribution in [2.45, 2.75) is 11.9 Å². The molecule has 1 aromatic heterocycles. The van der Waals surface area contributed by atoms with E-state index >= 15 is 0 Å². The zero-order chi connectivity index (χ0) is 13.2. The highest BCUT2D eigenvalue weighted by atomic mass is 32.2. The summed E-state index contributed by atoms with van der Waals surface area (Å²) in [4.78, 5) is 8.72. The van der Waals surface area contributed by atoms with Gasteiger partial charge in [-0.3, -0.25) is 4.90 Å². The Morgan fingerprint density at radius 2 is 2.06 bits per heavy atom. The lowest BCUT2D eigenvalue weighted by molar-refractivity contribution is 0.151. The summed E-state index contributed by atoms with van der Waals surface area (Å²) in [7, 11) is -3.45. The highest BCUT2D eigenvalue weighted by molar-refractivity contribution is 7.89. The van der Waals surface area contributed by atoms with E-state index in [2.05, 4.69) is 9.97 Å². The number of nitrogens with one attached hydrogen (secondary N) is 1. The summed E-state index contributed by atoms with van der Waals surface area (Å²) in [6.07, 6.45) is 1.35. The first-order chi connectivity index (χ1) is 8.54. The maximum Gasteiger partial charge on any atom is 0.260 e. The lowest BCUT2D eigenvalue weighted by Gasteiger charge is -2.33. The molecule has 0 saturated carbocycles. The van der Waals surface area contributed by atoms with E-state index in [1.807, 2.05) is 4.90 Å². The Morgan fingerprint density at radius 3 is 2.56 bits per heavy atom. The molecule has 0 amide bonds. The van der Waals surface area contributed by atoms with Crippen LogP contribution in [0.3, 0.4) is 0 Å². The van der Waals surface area contributed by atoms with Crippen LogP contribution in [0.15, 0.2) is 11.2 Å². The largest absolute Gasteiger partial charge is 0.395 e. The molecule has 2 rings (SSSR count). The van der Waals surface area contributed by atoms with E-state index in [-0.39, 0.29) is 11.6 Å². The fraction of sp³-hybridized carbons (Fsp3) is 0.700. The van der Waals surface area contributed by atoms with Crippen molar-refractivity contribution in [2.24, 2.45) is 0 Å². The minimum atomic E-state index is -3.45. The van der Waals surface area contributed by atoms with E-state index in [4.69, 9.17) is 5.11 Å². The number of aromatic nitrogens is 2. The Morgan fingerprint density at radius 1 is 1.39 bits per heavy atom. The van der Waals surface area contributed by atoms with Gasteiger partial charge in [-0.2, -0.15) is 4.31 Å². The highest BCUT2D eigenvalue weighted by Crippen LogP contribution is 2.15. The molecule has 2 heterocycles. The average Bonchev–Trinajstić information content (AvgIpc) is 2.78. The molecule has 102 valence electrons. The van der Waals surface area contributed by atoms with Crippen LogP contribution in [-0.2, 0) is 10.0 Å². The number of β-amino-alcohol motifs (C(OH)–C–C–N with tert-alkyl or cyclic N) is 1. The van der Waals surface area contributed by atoms with Gasteiger partial charge >= 0.3 is 0 Å². The molecule has 1 aliphatic rings. The molecule has 0 spiro atoms. The van der Waals surface area contributed by atoms with Gasteiger partial charge in [0.05, 0.1) is 12.8 Å². The van der Waals surface area contributed by atoms with Gasteiger partial charge < -0.3 is 10.1 Å². The Balaban J connectivity index is 2.05. The van der Waals surface area contributed by atoms with Crippen LogP contribution >= 0.6 is 0 Å². The molecule has 0 unspecified atom stereocenters. The molecule has 0 bridgehead atoms. The first kappa shape index (κ1) is 13.5. The average molecular weight is 274 g/mol. The summed E-state index contributed by atoms with van der Waals surface area (Å²) in [5.41, 5.74) is 0. The third kappa shape index (κ3) is 2.72. The Labute approximate surface area is 106 Å². The zero-order valence-corrected chi connectivity index (χ0v) is 11.2. The molecular formula is C10H18N4O3S. The van der Waals surface area contributed by atoms with Gasteiger partial charge in [-0.15, -0.1) is 0 Å². The maximum atomic E-state index is 12.3. The zero-order valence-electron chi connectivity index (χ0n) is 10.3. The maximum absolute atomic E-state index is 12.3. The monoisotopic (exact) mass is 274 g/mol. The molecule has 0 atom stereocenters. The number of hydrogen-bond acceptors (Lipinski definition) is 5. The van der Waals surface area contributed by atoms with E-state index in [1.54, 1.807) is 6.92 Å². The molecule has 8 heteroatoms. The summed E-state index contributed by atoms with van der Waals surface area (Å²) in [6.45, 7) is 4.60. The first-order valence-corrected chi connectivity index (χ1v) is 7.33. The van der Waals surface area contributed by atoms with Crippen LogP contribution in [0, 0.1) is 6.92 Å². The minimum absolute atomic E-state index is 0.104. The summed E-state index contributed by atoms with van der Waals surface area (Å²) < 4.78 is 26.0. The molecule has 2 N–H and O–H groups in total. The summed E-state index contributed by atoms with van der Waals surface area (Å²) in [5.74, 6) is 0.590. The van der Waals surface area contributed by atoms with Gasteiger partial charge in [0.2, 0.25) is 0 Å². The number of sulfonamides is 1. The van der Waals surface area contributed by atoms with Crippen LogP contribution in [0.25, 0.3) is 0 Å². The number of aryl methyl sites for hydroxylation is 1. The van der Waals surface area contributed by atoms with E-state index in [0.29, 0.717) is 38.5 Å². The molecule has 0 radical (unpaired) electrons. The predicted octanol–water partition coefficient (Wildman–Crippen LogP) is -0.983. The second-order valence-corrected chi connectivity index (χ2v) is 6.21. The second-order valence-electron chi connectivity index (χ2n) is 4.30. The van der Waals surface area contributed by atoms with Gasteiger partial charge in [-0.1, -0.05) is 0 Å². The van der Waals surface area contributed by atoms with Crippen molar-refractivity contribution in [2.75, 3.05) is 39.3 Å². The molecule has 7 nitrogen and oxygen atoms in total. The molecule has 0 aliphatic carbocycles. The highest BCUT2D eigenvalue weighted by Gasteiger charge is 2.29. The normalized spacial score (nSPS) is 19.2. The third-order valence-electron chi connectivity index (χ3n) is 3.04. The van der Waals surface area contributed by atoms with Crippen LogP contribution in [-0.4, -0.2) is 72.0 Å². The number of aliphatic hydroxyl groups excluding tert-OH is 1. The van der Waals surface area contributed by atoms with Crippen molar-refractivity contribution in [3.05, 3.63) is 12.0 Å². The molecule has 1 aromatic rings. The van der Waals surface area contributed by atoms with Crippen LogP contribution in [0.5, 0.6) is 0 Å². The fourth-order valence-electron chi connectivity index (χ4n) is 2.00. The van der Waals surface area contributed by atoms with Gasteiger partial charge in [0.1, 0.15) is 5.82 Å². The number of rotatable bonds is 4. The van der Waals surface area contributed by atoms with Crippen LogP contribution in [0.1, 0.15) is 5.82 Å². The predicted molar refractivity (Wildman–Crippen MR) is 65.6 cm³/mol. The summed E-state index contributed by atoms with van der Waals surface area (Å²) in [5, 5.41) is 8.99. The van der Waals surface area contributed by atoms with Gasteiger partial charge in [0, 0.05) is 32.7 Å². The molecule has 18 heavy (non-hydrogen) atoms. The van der Waals surface area contributed by atoms with Crippen molar-refractivity contribution in [1.82, 2.24) is 19.2 Å². The van der Waals surface area contributed by atoms with Crippen LogP contribution in [0.2, 0.25) is 0 Å². The smallest absolute Gasteiger partial charge is 0.260 e. The van der Waals surface area contributed by atoms with Crippen molar-refractivity contribution >= 4 is 10.0 Å². The number of imidazole rings is 1. The Hall–Kier alpha value is -0.960. The third-order valence-corrected chi connectivity index (χ3v) is 4.85. The van der Waals surface area contributed by atoms with Crippen molar-refractivity contribution in [3.63, 3.8) is 0 Å². The number of aliphatic hydroxyl groups is 1. The van der Waals surface area contributed by atoms with Gasteiger partial charge in [0.15, 0.2) is 5.03 Å². The van der Waals surface area contributed by atoms with Crippen molar-refractivity contribution < 1.29 is 13.5 Å². The molecule has 0 aromatic carbocycles. The topological polar surface area (TPSA) is 89.5 Å². The number of H-pyrrole nitrogens is 1. The number of aromatic amines is 1. The van der Waals surface area contributed by atoms with Crippen LogP contribution in [0.4, 0.5) is 0 Å². The SMILES string of the molecule is Cc1ncc(S(=O)(=O)N2CCN(CCO)CC2)[nH]1. The molecular weight excluding hydrogens is 256 g/mol. The van der Waals surface area contributed by atoms with E-state index in [9.17, 15) is 8.42 Å². The molecule has 1 fully saturated rings. The van der Waals surface area contributed by atoms with Crippen molar-refractivity contribution in [1.29, 1.82) is 0 Å². The molecule has 1 aliphatic heterocycles. The summed E-state index contributed by atoms with van der Waals surface area (Å²) >= 11 is 0. The van der Waals surface area contributed by atoms with E-state index < -0.39 is 10.0 Å². The Kier molecular flexibility index (Phi) is 4.00. The minimum Gasteiger partial charge on any atom is -0.395 e. The number of nitrogens with zero attached hydrogens (tertiary/aromatic N) is 3. The Bertz CT molecular complexity index is 491. The lowest BCUT2D eigenvalue weighted by atomic mass is 10.4. The first-order valence-electron chi connectivity index (χ1n) is 5.89. The van der Waals surface area contributed by atoms with Gasteiger partial charge in [-0.05, 0) is 6.92 Å².